The summed E-state index contributed by atoms with van der Waals surface area (Å²) in [5, 5.41) is 12.3. The third kappa shape index (κ3) is 1.47. The quantitative estimate of drug-likeness (QED) is 0.513. The molecule has 1 aliphatic carbocycles. The molecule has 0 amide bonds. The van der Waals surface area contributed by atoms with E-state index in [1.165, 1.54) is 7.11 Å². The number of hydrogen-bond donors (Lipinski definition) is 0. The molecule has 0 aromatic heterocycles. The van der Waals surface area contributed by atoms with Crippen molar-refractivity contribution in [2.24, 2.45) is 11.1 Å². The van der Waals surface area contributed by atoms with Gasteiger partial charge in [-0.15, -0.1) is 0 Å². The number of nitrogens with zero attached hydrogens (tertiary/aromatic N) is 2. The smallest absolute Gasteiger partial charge is 0.106 e. The van der Waals surface area contributed by atoms with Crippen LogP contribution in [0.3, 0.4) is 0 Å². The van der Waals surface area contributed by atoms with Gasteiger partial charge in [0.15, 0.2) is 0 Å². The van der Waals surface area contributed by atoms with E-state index in [9.17, 15) is 0 Å². The molecule has 1 atom stereocenters. The lowest BCUT2D eigenvalue weighted by atomic mass is 10.1. The molecule has 0 aliphatic heterocycles. The highest BCUT2D eigenvalue weighted by molar-refractivity contribution is 5.86. The predicted octanol–water partition coefficient (Wildman–Crippen LogP) is 1.31. The van der Waals surface area contributed by atoms with E-state index in [2.05, 4.69) is 16.1 Å². The average Bonchev–Trinajstić information content (AvgIpc) is 2.37. The van der Waals surface area contributed by atoms with Gasteiger partial charge in [0, 0.05) is 6.42 Å². The third-order valence-corrected chi connectivity index (χ3v) is 1.67. The van der Waals surface area contributed by atoms with Gasteiger partial charge in [0.25, 0.3) is 0 Å². The minimum Gasteiger partial charge on any atom is -0.399 e. The first kappa shape index (κ1) is 7.07. The van der Waals surface area contributed by atoms with Crippen molar-refractivity contribution in [3.63, 3.8) is 0 Å². The van der Waals surface area contributed by atoms with E-state index in [0.29, 0.717) is 0 Å². The maximum absolute atomic E-state index is 8.51. The van der Waals surface area contributed by atoms with Gasteiger partial charge in [-0.2, -0.15) is 5.26 Å². The molecule has 54 valence electrons. The van der Waals surface area contributed by atoms with Gasteiger partial charge >= 0.3 is 0 Å². The maximum atomic E-state index is 8.51. The van der Waals surface area contributed by atoms with E-state index in [1.807, 2.05) is 0 Å². The lowest BCUT2D eigenvalue weighted by Crippen LogP contribution is -1.92. The summed E-state index contributed by atoms with van der Waals surface area (Å²) in [6.07, 6.45) is 2.66. The van der Waals surface area contributed by atoms with E-state index in [-0.39, 0.29) is 5.92 Å². The Hall–Kier alpha value is -1.04. The normalized spacial score (nSPS) is 28.4. The molecule has 1 unspecified atom stereocenters. The zero-order chi connectivity index (χ0) is 7.40. The molecule has 1 aliphatic rings. The van der Waals surface area contributed by atoms with Crippen molar-refractivity contribution in [2.45, 2.75) is 19.3 Å². The van der Waals surface area contributed by atoms with Crippen molar-refractivity contribution in [1.29, 1.82) is 5.26 Å². The highest BCUT2D eigenvalue weighted by Crippen LogP contribution is 2.21. The molecule has 1 rings (SSSR count). The molecule has 1 fully saturated rings. The predicted molar refractivity (Wildman–Crippen MR) is 37.4 cm³/mol. The van der Waals surface area contributed by atoms with Crippen LogP contribution in [0.4, 0.5) is 0 Å². The zero-order valence-corrected chi connectivity index (χ0v) is 6.00. The molecule has 0 bridgehead atoms. The van der Waals surface area contributed by atoms with E-state index in [0.717, 1.165) is 25.0 Å². The summed E-state index contributed by atoms with van der Waals surface area (Å²) in [6.45, 7) is 0. The molecule has 1 saturated carbocycles. The molecular weight excluding hydrogens is 128 g/mol. The van der Waals surface area contributed by atoms with Gasteiger partial charge < -0.3 is 4.84 Å². The van der Waals surface area contributed by atoms with Crippen LogP contribution in [0.5, 0.6) is 0 Å². The standard InChI is InChI=1S/C7H10N2O/c1-10-9-7-3-2-6(4-7)5-8/h6H,2-4H2,1H3/b9-7+. The molecule has 10 heavy (non-hydrogen) atoms. The van der Waals surface area contributed by atoms with E-state index >= 15 is 0 Å². The van der Waals surface area contributed by atoms with E-state index in [4.69, 9.17) is 5.26 Å². The van der Waals surface area contributed by atoms with Crippen molar-refractivity contribution < 1.29 is 4.84 Å². The largest absolute Gasteiger partial charge is 0.399 e. The molecule has 0 N–H and O–H groups in total. The monoisotopic (exact) mass is 138 g/mol. The van der Waals surface area contributed by atoms with Crippen molar-refractivity contribution in [3.8, 4) is 6.07 Å². The highest BCUT2D eigenvalue weighted by atomic mass is 16.6. The fourth-order valence-electron chi connectivity index (χ4n) is 1.15. The molecule has 0 saturated heterocycles. The summed E-state index contributed by atoms with van der Waals surface area (Å²) in [5.74, 6) is 0.175. The van der Waals surface area contributed by atoms with Gasteiger partial charge in [-0.3, -0.25) is 0 Å². The fraction of sp³-hybridized carbons (Fsp3) is 0.714. The van der Waals surface area contributed by atoms with Crippen LogP contribution < -0.4 is 0 Å². The second-order valence-electron chi connectivity index (χ2n) is 2.41. The molecule has 0 aromatic carbocycles. The first-order chi connectivity index (χ1) is 4.86. The Morgan fingerprint density at radius 3 is 3.10 bits per heavy atom. The minimum atomic E-state index is 0.175. The van der Waals surface area contributed by atoms with Gasteiger partial charge in [-0.05, 0) is 12.8 Å². The summed E-state index contributed by atoms with van der Waals surface area (Å²) < 4.78 is 0. The average molecular weight is 138 g/mol. The van der Waals surface area contributed by atoms with Crippen molar-refractivity contribution in [3.05, 3.63) is 0 Å². The first-order valence-corrected chi connectivity index (χ1v) is 3.35. The van der Waals surface area contributed by atoms with Crippen LogP contribution in [0, 0.1) is 17.2 Å². The van der Waals surface area contributed by atoms with Gasteiger partial charge in [0.1, 0.15) is 7.11 Å². The summed E-state index contributed by atoms with van der Waals surface area (Å²) in [5.41, 5.74) is 1.02. The van der Waals surface area contributed by atoms with Gasteiger partial charge in [-0.25, -0.2) is 0 Å². The van der Waals surface area contributed by atoms with Crippen LogP contribution in [0.15, 0.2) is 5.16 Å². The topological polar surface area (TPSA) is 45.4 Å². The van der Waals surface area contributed by atoms with Crippen molar-refractivity contribution in [1.82, 2.24) is 0 Å². The minimum absolute atomic E-state index is 0.175. The van der Waals surface area contributed by atoms with Crippen molar-refractivity contribution >= 4 is 5.71 Å². The van der Waals surface area contributed by atoms with Crippen LogP contribution in [-0.4, -0.2) is 12.8 Å². The summed E-state index contributed by atoms with van der Waals surface area (Å²) in [6, 6.07) is 2.22. The molecule has 3 nitrogen and oxygen atoms in total. The summed E-state index contributed by atoms with van der Waals surface area (Å²) >= 11 is 0. The fourth-order valence-corrected chi connectivity index (χ4v) is 1.15. The van der Waals surface area contributed by atoms with Crippen LogP contribution in [-0.2, 0) is 4.84 Å². The number of nitriles is 1. The van der Waals surface area contributed by atoms with E-state index in [1.54, 1.807) is 0 Å². The molecule has 0 heterocycles. The molecule has 0 spiro atoms. The Kier molecular flexibility index (Phi) is 2.27. The lowest BCUT2D eigenvalue weighted by Gasteiger charge is -1.91. The second kappa shape index (κ2) is 3.21. The van der Waals surface area contributed by atoms with Crippen LogP contribution in [0.25, 0.3) is 0 Å². The van der Waals surface area contributed by atoms with Crippen LogP contribution in [0.2, 0.25) is 0 Å². The summed E-state index contributed by atoms with van der Waals surface area (Å²) in [4.78, 5) is 4.60. The Morgan fingerprint density at radius 2 is 2.60 bits per heavy atom. The zero-order valence-electron chi connectivity index (χ0n) is 6.00. The van der Waals surface area contributed by atoms with Crippen molar-refractivity contribution in [2.75, 3.05) is 7.11 Å². The first-order valence-electron chi connectivity index (χ1n) is 3.35. The van der Waals surface area contributed by atoms with Gasteiger partial charge in [-0.1, -0.05) is 5.16 Å². The Labute approximate surface area is 60.3 Å². The molecule has 0 aromatic rings. The molecular formula is C7H10N2O. The number of hydrogen-bond acceptors (Lipinski definition) is 3. The number of oxime groups is 1. The summed E-state index contributed by atoms with van der Waals surface area (Å²) in [7, 11) is 1.53. The third-order valence-electron chi connectivity index (χ3n) is 1.67. The SMILES string of the molecule is CO/N=C1\CCC(C#N)C1. The van der Waals surface area contributed by atoms with Crippen LogP contribution >= 0.6 is 0 Å². The number of rotatable bonds is 1. The lowest BCUT2D eigenvalue weighted by molar-refractivity contribution is 0.212. The highest BCUT2D eigenvalue weighted by Gasteiger charge is 2.20. The van der Waals surface area contributed by atoms with Gasteiger partial charge in [0.05, 0.1) is 17.7 Å². The molecule has 0 radical (unpaired) electrons. The Bertz CT molecular complexity index is 181. The maximum Gasteiger partial charge on any atom is 0.106 e. The Balaban J connectivity index is 2.44. The Morgan fingerprint density at radius 1 is 1.80 bits per heavy atom. The van der Waals surface area contributed by atoms with Crippen LogP contribution in [0.1, 0.15) is 19.3 Å². The van der Waals surface area contributed by atoms with Gasteiger partial charge in [0.2, 0.25) is 0 Å². The second-order valence-corrected chi connectivity index (χ2v) is 2.41. The molecule has 3 heteroatoms. The van der Waals surface area contributed by atoms with E-state index < -0.39 is 0 Å².